The first-order chi connectivity index (χ1) is 16.4. The first-order valence-corrected chi connectivity index (χ1v) is 14.5. The summed E-state index contributed by atoms with van der Waals surface area (Å²) in [5.74, 6) is -0.0385. The topological polar surface area (TPSA) is 60.9 Å². The van der Waals surface area contributed by atoms with E-state index in [1.807, 2.05) is 31.2 Å². The van der Waals surface area contributed by atoms with Gasteiger partial charge in [-0.05, 0) is 68.2 Å². The van der Waals surface area contributed by atoms with Gasteiger partial charge in [0.25, 0.3) is 0 Å². The lowest BCUT2D eigenvalue weighted by Crippen LogP contribution is -2.45. The zero-order valence-corrected chi connectivity index (χ0v) is 23.4. The van der Waals surface area contributed by atoms with E-state index in [1.54, 1.807) is 30.1 Å². The molecule has 1 fully saturated rings. The van der Waals surface area contributed by atoms with Crippen molar-refractivity contribution in [3.05, 3.63) is 68.7 Å². The first-order valence-electron chi connectivity index (χ1n) is 11.5. The molecule has 1 atom stereocenters. The fraction of sp³-hybridized carbons (Fsp3) is 0.480. The van der Waals surface area contributed by atoms with Crippen LogP contribution in [-0.4, -0.2) is 74.5 Å². The number of halogens is 3. The lowest BCUT2D eigenvalue weighted by atomic mass is 9.77. The average molecular weight is 561 g/mol. The van der Waals surface area contributed by atoms with Crippen LogP contribution in [0.5, 0.6) is 0 Å². The third kappa shape index (κ3) is 7.34. The molecule has 1 aliphatic heterocycles. The molecule has 1 amide bonds. The minimum atomic E-state index is -3.22. The van der Waals surface area contributed by atoms with Crippen molar-refractivity contribution in [3.63, 3.8) is 0 Å². The van der Waals surface area contributed by atoms with Crippen LogP contribution in [0, 0.1) is 0 Å². The molecule has 2 aromatic rings. The Morgan fingerprint density at radius 1 is 1.03 bits per heavy atom. The lowest BCUT2D eigenvalue weighted by molar-refractivity contribution is -0.136. The van der Waals surface area contributed by atoms with Crippen LogP contribution in [-0.2, 0) is 26.8 Å². The molecule has 35 heavy (non-hydrogen) atoms. The van der Waals surface area contributed by atoms with Gasteiger partial charge >= 0.3 is 0 Å². The van der Waals surface area contributed by atoms with Gasteiger partial charge in [0.1, 0.15) is 0 Å². The molecular formula is C25H32Cl3N3O3S. The summed E-state index contributed by atoms with van der Waals surface area (Å²) in [4.78, 5) is 17.8. The van der Waals surface area contributed by atoms with Crippen molar-refractivity contribution in [2.75, 3.05) is 46.0 Å². The van der Waals surface area contributed by atoms with E-state index in [0.29, 0.717) is 54.2 Å². The van der Waals surface area contributed by atoms with E-state index in [4.69, 9.17) is 34.8 Å². The fourth-order valence-corrected chi connectivity index (χ4v) is 5.89. The van der Waals surface area contributed by atoms with Crippen LogP contribution < -0.4 is 0 Å². The Labute approximate surface area is 223 Å². The monoisotopic (exact) mass is 559 g/mol. The maximum Gasteiger partial charge on any atom is 0.233 e. The summed E-state index contributed by atoms with van der Waals surface area (Å²) in [7, 11) is -1.43. The van der Waals surface area contributed by atoms with E-state index in [2.05, 4.69) is 4.90 Å². The summed E-state index contributed by atoms with van der Waals surface area (Å²) in [5, 5.41) is 1.46. The number of rotatable bonds is 8. The molecule has 0 bridgehead atoms. The summed E-state index contributed by atoms with van der Waals surface area (Å²) < 4.78 is 25.5. The number of benzene rings is 2. The van der Waals surface area contributed by atoms with Crippen molar-refractivity contribution in [1.82, 2.24) is 14.1 Å². The number of hydrogen-bond acceptors (Lipinski definition) is 4. The van der Waals surface area contributed by atoms with Gasteiger partial charge in [-0.2, -0.15) is 0 Å². The Morgan fingerprint density at radius 3 is 2.43 bits per heavy atom. The second kappa shape index (κ2) is 11.8. The quantitative estimate of drug-likeness (QED) is 0.460. The summed E-state index contributed by atoms with van der Waals surface area (Å²) in [6.07, 6.45) is 2.54. The standard InChI is InChI=1S/C25H32Cl3N3O3S/c1-25(20-8-9-22(27)23(28)17-20,24(32)29(2)18-19-6-4-7-21(26)16-19)10-13-30-11-5-12-31(15-14-30)35(3,33)34/h4,6-9,16-17H,5,10-15,18H2,1-3H3. The maximum atomic E-state index is 13.9. The molecule has 192 valence electrons. The highest BCUT2D eigenvalue weighted by Crippen LogP contribution is 2.35. The van der Waals surface area contributed by atoms with Gasteiger partial charge in [-0.15, -0.1) is 0 Å². The summed E-state index contributed by atoms with van der Waals surface area (Å²) in [6.45, 7) is 5.36. The number of carbonyl (C=O) groups excluding carboxylic acids is 1. The van der Waals surface area contributed by atoms with E-state index >= 15 is 0 Å². The molecule has 6 nitrogen and oxygen atoms in total. The summed E-state index contributed by atoms with van der Waals surface area (Å²) >= 11 is 18.6. The van der Waals surface area contributed by atoms with Crippen molar-refractivity contribution >= 4 is 50.7 Å². The highest BCUT2D eigenvalue weighted by atomic mass is 35.5. The number of amides is 1. The Kier molecular flexibility index (Phi) is 9.51. The van der Waals surface area contributed by atoms with E-state index in [9.17, 15) is 13.2 Å². The molecular weight excluding hydrogens is 529 g/mol. The normalized spacial score (nSPS) is 17.5. The fourth-order valence-electron chi connectivity index (χ4n) is 4.50. The second-order valence-electron chi connectivity index (χ2n) is 9.36. The highest BCUT2D eigenvalue weighted by molar-refractivity contribution is 7.88. The van der Waals surface area contributed by atoms with Gasteiger partial charge in [-0.1, -0.05) is 53.0 Å². The van der Waals surface area contributed by atoms with Crippen LogP contribution >= 0.6 is 34.8 Å². The minimum Gasteiger partial charge on any atom is -0.341 e. The summed E-state index contributed by atoms with van der Waals surface area (Å²) in [6, 6.07) is 12.8. The molecule has 0 radical (unpaired) electrons. The third-order valence-corrected chi connectivity index (χ3v) is 8.91. The van der Waals surface area contributed by atoms with Crippen LogP contribution in [0.4, 0.5) is 0 Å². The number of hydrogen-bond donors (Lipinski definition) is 0. The molecule has 1 saturated heterocycles. The zero-order chi connectivity index (χ0) is 25.8. The Morgan fingerprint density at radius 2 is 1.77 bits per heavy atom. The molecule has 0 aromatic heterocycles. The van der Waals surface area contributed by atoms with Crippen molar-refractivity contribution in [1.29, 1.82) is 0 Å². The predicted octanol–water partition coefficient (Wildman–Crippen LogP) is 4.92. The largest absolute Gasteiger partial charge is 0.341 e. The third-order valence-electron chi connectivity index (χ3n) is 6.63. The van der Waals surface area contributed by atoms with Crippen molar-refractivity contribution < 1.29 is 13.2 Å². The molecule has 0 saturated carbocycles. The van der Waals surface area contributed by atoms with Crippen LogP contribution in [0.2, 0.25) is 15.1 Å². The molecule has 0 N–H and O–H groups in total. The van der Waals surface area contributed by atoms with Crippen molar-refractivity contribution in [2.24, 2.45) is 0 Å². The van der Waals surface area contributed by atoms with Crippen LogP contribution in [0.25, 0.3) is 0 Å². The Balaban J connectivity index is 1.81. The SMILES string of the molecule is CN(Cc1cccc(Cl)c1)C(=O)C(C)(CCN1CCCN(S(C)(=O)=O)CC1)c1ccc(Cl)c(Cl)c1. The second-order valence-corrected chi connectivity index (χ2v) is 12.6. The van der Waals surface area contributed by atoms with E-state index in [0.717, 1.165) is 24.1 Å². The number of sulfonamides is 1. The predicted molar refractivity (Wildman–Crippen MR) is 144 cm³/mol. The average Bonchev–Trinajstić information content (AvgIpc) is 3.04. The summed E-state index contributed by atoms with van der Waals surface area (Å²) in [5.41, 5.74) is 0.880. The van der Waals surface area contributed by atoms with Crippen LogP contribution in [0.15, 0.2) is 42.5 Å². The molecule has 10 heteroatoms. The number of nitrogens with zero attached hydrogens (tertiary/aromatic N) is 3. The number of likely N-dealkylation sites (N-methyl/N-ethyl adjacent to an activating group) is 1. The van der Waals surface area contributed by atoms with Gasteiger partial charge in [-0.3, -0.25) is 4.79 Å². The smallest absolute Gasteiger partial charge is 0.233 e. The molecule has 3 rings (SSSR count). The molecule has 1 heterocycles. The molecule has 1 unspecified atom stereocenters. The van der Waals surface area contributed by atoms with E-state index < -0.39 is 15.4 Å². The van der Waals surface area contributed by atoms with Crippen LogP contribution in [0.1, 0.15) is 30.9 Å². The van der Waals surface area contributed by atoms with Gasteiger partial charge in [-0.25, -0.2) is 12.7 Å². The number of carbonyl (C=O) groups is 1. The van der Waals surface area contributed by atoms with Crippen molar-refractivity contribution in [3.8, 4) is 0 Å². The van der Waals surface area contributed by atoms with Gasteiger partial charge in [0.05, 0.1) is 21.7 Å². The molecule has 2 aromatic carbocycles. The highest BCUT2D eigenvalue weighted by Gasteiger charge is 2.38. The van der Waals surface area contributed by atoms with Crippen LogP contribution in [0.3, 0.4) is 0 Å². The molecule has 0 spiro atoms. The minimum absolute atomic E-state index is 0.0385. The Hall–Kier alpha value is -1.35. The van der Waals surface area contributed by atoms with E-state index in [1.165, 1.54) is 10.6 Å². The van der Waals surface area contributed by atoms with Gasteiger partial charge in [0.15, 0.2) is 0 Å². The molecule has 1 aliphatic rings. The van der Waals surface area contributed by atoms with Crippen molar-refractivity contribution in [2.45, 2.75) is 31.7 Å². The van der Waals surface area contributed by atoms with Gasteiger partial charge in [0, 0.05) is 38.2 Å². The maximum absolute atomic E-state index is 13.9. The van der Waals surface area contributed by atoms with Gasteiger partial charge < -0.3 is 9.80 Å². The first kappa shape index (κ1) is 28.2. The zero-order valence-electron chi connectivity index (χ0n) is 20.3. The Bertz CT molecular complexity index is 1160. The van der Waals surface area contributed by atoms with E-state index in [-0.39, 0.29) is 5.91 Å². The molecule has 0 aliphatic carbocycles. The van der Waals surface area contributed by atoms with Gasteiger partial charge in [0.2, 0.25) is 15.9 Å². The lowest BCUT2D eigenvalue weighted by Gasteiger charge is -2.35.